The maximum Gasteiger partial charge on any atom is 0.319 e. The second kappa shape index (κ2) is 6.90. The first kappa shape index (κ1) is 14.4. The van der Waals surface area contributed by atoms with Gasteiger partial charge in [0, 0.05) is 40.6 Å². The van der Waals surface area contributed by atoms with Gasteiger partial charge in [-0.2, -0.15) is 0 Å². The molecule has 6 heteroatoms. The van der Waals surface area contributed by atoms with Crippen LogP contribution in [0.3, 0.4) is 0 Å². The Morgan fingerprint density at radius 1 is 1.33 bits per heavy atom. The molecule has 0 aromatic heterocycles. The molecule has 0 spiro atoms. The summed E-state index contributed by atoms with van der Waals surface area (Å²) in [6.45, 7) is 1.82. The minimum atomic E-state index is -0.925. The minimum absolute atomic E-state index is 0.0552. The highest BCUT2D eigenvalue weighted by Gasteiger charge is 2.04. The number of urea groups is 1. The third-order valence-electron chi connectivity index (χ3n) is 2.20. The fourth-order valence-corrected chi connectivity index (χ4v) is 1.69. The molecule has 1 atom stereocenters. The highest BCUT2D eigenvalue weighted by Crippen LogP contribution is 2.10. The van der Waals surface area contributed by atoms with Gasteiger partial charge in [0.05, 0.1) is 0 Å². The molecule has 0 saturated heterocycles. The van der Waals surface area contributed by atoms with Crippen LogP contribution in [0.2, 0.25) is 0 Å². The second-order valence-corrected chi connectivity index (χ2v) is 5.35. The molecule has 5 nitrogen and oxygen atoms in total. The first-order chi connectivity index (χ1) is 8.49. The Balaban J connectivity index is 2.51. The molecular weight excluding hydrogens is 252 g/mol. The first-order valence-corrected chi connectivity index (χ1v) is 7.17. The van der Waals surface area contributed by atoms with Crippen LogP contribution in [0.1, 0.15) is 17.3 Å². The van der Waals surface area contributed by atoms with Gasteiger partial charge in [0.25, 0.3) is 0 Å². The number of rotatable bonds is 5. The molecule has 2 amide bonds. The van der Waals surface area contributed by atoms with Crippen molar-refractivity contribution >= 4 is 28.3 Å². The molecule has 0 aliphatic carbocycles. The van der Waals surface area contributed by atoms with Crippen molar-refractivity contribution in [3.05, 3.63) is 29.8 Å². The molecule has 98 valence electrons. The van der Waals surface area contributed by atoms with Crippen molar-refractivity contribution in [1.29, 1.82) is 0 Å². The summed E-state index contributed by atoms with van der Waals surface area (Å²) in [7, 11) is -0.925. The van der Waals surface area contributed by atoms with Crippen molar-refractivity contribution in [1.82, 2.24) is 5.32 Å². The summed E-state index contributed by atoms with van der Waals surface area (Å²) in [4.78, 5) is 22.6. The zero-order valence-corrected chi connectivity index (χ0v) is 11.2. The lowest BCUT2D eigenvalue weighted by atomic mass is 10.1. The topological polar surface area (TPSA) is 75.3 Å². The summed E-state index contributed by atoms with van der Waals surface area (Å²) in [6, 6.07) is 6.32. The normalized spacial score (nSPS) is 11.7. The number of carbonyl (C=O) groups excluding carboxylic acids is 2. The van der Waals surface area contributed by atoms with E-state index in [-0.39, 0.29) is 11.8 Å². The Morgan fingerprint density at radius 2 is 2.06 bits per heavy atom. The maximum atomic E-state index is 11.5. The van der Waals surface area contributed by atoms with E-state index in [0.29, 0.717) is 23.5 Å². The molecule has 1 aromatic rings. The van der Waals surface area contributed by atoms with Crippen LogP contribution in [0, 0.1) is 0 Å². The smallest absolute Gasteiger partial charge is 0.319 e. The van der Waals surface area contributed by atoms with E-state index in [1.165, 1.54) is 6.92 Å². The largest absolute Gasteiger partial charge is 0.337 e. The molecule has 1 aromatic carbocycles. The molecule has 0 aliphatic rings. The maximum absolute atomic E-state index is 11.5. The number of benzene rings is 1. The van der Waals surface area contributed by atoms with Gasteiger partial charge < -0.3 is 10.6 Å². The van der Waals surface area contributed by atoms with E-state index in [1.54, 1.807) is 30.5 Å². The lowest BCUT2D eigenvalue weighted by Gasteiger charge is -2.07. The van der Waals surface area contributed by atoms with Gasteiger partial charge in [0.1, 0.15) is 0 Å². The zero-order valence-electron chi connectivity index (χ0n) is 10.4. The van der Waals surface area contributed by atoms with Crippen molar-refractivity contribution in [2.45, 2.75) is 6.92 Å². The highest BCUT2D eigenvalue weighted by molar-refractivity contribution is 7.84. The molecule has 0 bridgehead atoms. The fraction of sp³-hybridized carbons (Fsp3) is 0.333. The molecule has 0 radical (unpaired) electrons. The SMILES string of the molecule is CC(=O)c1cccc(NC(=O)NCC[S@](C)=O)c1. The zero-order chi connectivity index (χ0) is 13.5. The third kappa shape index (κ3) is 5.09. The summed E-state index contributed by atoms with van der Waals surface area (Å²) >= 11 is 0. The van der Waals surface area contributed by atoms with E-state index in [0.717, 1.165) is 0 Å². The van der Waals surface area contributed by atoms with E-state index < -0.39 is 10.8 Å². The van der Waals surface area contributed by atoms with Gasteiger partial charge in [0.15, 0.2) is 5.78 Å². The standard InChI is InChI=1S/C12H16N2O3S/c1-9(15)10-4-3-5-11(8-10)14-12(16)13-6-7-18(2)17/h3-5,8H,6-7H2,1-2H3,(H2,13,14,16)/t18-/m0/s1. The molecule has 0 saturated carbocycles. The quantitative estimate of drug-likeness (QED) is 0.792. The van der Waals surface area contributed by atoms with Gasteiger partial charge >= 0.3 is 6.03 Å². The summed E-state index contributed by atoms with van der Waals surface area (Å²) in [5, 5.41) is 5.19. The number of nitrogens with one attached hydrogen (secondary N) is 2. The van der Waals surface area contributed by atoms with Crippen LogP contribution in [0.4, 0.5) is 10.5 Å². The highest BCUT2D eigenvalue weighted by atomic mass is 32.2. The van der Waals surface area contributed by atoms with Gasteiger partial charge in [-0.3, -0.25) is 9.00 Å². The molecule has 2 N–H and O–H groups in total. The molecule has 0 aliphatic heterocycles. The van der Waals surface area contributed by atoms with Crippen molar-refractivity contribution < 1.29 is 13.8 Å². The lowest BCUT2D eigenvalue weighted by Crippen LogP contribution is -2.31. The predicted molar refractivity (Wildman–Crippen MR) is 72.4 cm³/mol. The molecular formula is C12H16N2O3S. The minimum Gasteiger partial charge on any atom is -0.337 e. The third-order valence-corrected chi connectivity index (χ3v) is 2.98. The van der Waals surface area contributed by atoms with Gasteiger partial charge in [0.2, 0.25) is 0 Å². The molecule has 0 unspecified atom stereocenters. The van der Waals surface area contributed by atoms with Crippen molar-refractivity contribution in [2.75, 3.05) is 23.9 Å². The number of ketones is 1. The molecule has 1 rings (SSSR count). The lowest BCUT2D eigenvalue weighted by molar-refractivity contribution is 0.101. The number of hydrogen-bond acceptors (Lipinski definition) is 3. The predicted octanol–water partition coefficient (Wildman–Crippen LogP) is 1.39. The van der Waals surface area contributed by atoms with Gasteiger partial charge in [-0.1, -0.05) is 12.1 Å². The number of amides is 2. The summed E-state index contributed by atoms with van der Waals surface area (Å²) < 4.78 is 10.8. The van der Waals surface area contributed by atoms with Crippen molar-refractivity contribution in [2.24, 2.45) is 0 Å². The first-order valence-electron chi connectivity index (χ1n) is 5.45. The van der Waals surface area contributed by atoms with Gasteiger partial charge in [-0.25, -0.2) is 4.79 Å². The van der Waals surface area contributed by atoms with Crippen LogP contribution in [-0.2, 0) is 10.8 Å². The monoisotopic (exact) mass is 268 g/mol. The number of Topliss-reactive ketones (excluding diaryl/α,β-unsaturated/α-hetero) is 1. The molecule has 0 fully saturated rings. The van der Waals surface area contributed by atoms with Crippen molar-refractivity contribution in [3.8, 4) is 0 Å². The van der Waals surface area contributed by atoms with Crippen LogP contribution >= 0.6 is 0 Å². The van der Waals surface area contributed by atoms with Gasteiger partial charge in [-0.15, -0.1) is 0 Å². The van der Waals surface area contributed by atoms with E-state index >= 15 is 0 Å². The van der Waals surface area contributed by atoms with Crippen LogP contribution in [-0.4, -0.2) is 34.6 Å². The Hall–Kier alpha value is -1.69. The van der Waals surface area contributed by atoms with E-state index in [4.69, 9.17) is 0 Å². The van der Waals surface area contributed by atoms with Gasteiger partial charge in [-0.05, 0) is 19.1 Å². The Labute approximate surface area is 108 Å². The Bertz CT molecular complexity index is 474. The molecule has 18 heavy (non-hydrogen) atoms. The fourth-order valence-electron chi connectivity index (χ4n) is 1.30. The number of anilines is 1. The van der Waals surface area contributed by atoms with Crippen LogP contribution < -0.4 is 10.6 Å². The average Bonchev–Trinajstić information content (AvgIpc) is 2.28. The Kier molecular flexibility index (Phi) is 5.51. The van der Waals surface area contributed by atoms with Crippen LogP contribution in [0.25, 0.3) is 0 Å². The summed E-state index contributed by atoms with van der Waals surface area (Å²) in [5.74, 6) is 0.362. The van der Waals surface area contributed by atoms with E-state index in [2.05, 4.69) is 10.6 Å². The van der Waals surface area contributed by atoms with Crippen molar-refractivity contribution in [3.63, 3.8) is 0 Å². The summed E-state index contributed by atoms with van der Waals surface area (Å²) in [5.41, 5.74) is 1.10. The van der Waals surface area contributed by atoms with E-state index in [1.807, 2.05) is 0 Å². The number of hydrogen-bond donors (Lipinski definition) is 2. The Morgan fingerprint density at radius 3 is 2.67 bits per heavy atom. The average molecular weight is 268 g/mol. The number of carbonyl (C=O) groups is 2. The van der Waals surface area contributed by atoms with Crippen LogP contribution in [0.5, 0.6) is 0 Å². The van der Waals surface area contributed by atoms with Crippen LogP contribution in [0.15, 0.2) is 24.3 Å². The van der Waals surface area contributed by atoms with E-state index in [9.17, 15) is 13.8 Å². The summed E-state index contributed by atoms with van der Waals surface area (Å²) in [6.07, 6.45) is 1.58. The molecule has 0 heterocycles. The second-order valence-electron chi connectivity index (χ2n) is 3.80.